The zero-order valence-electron chi connectivity index (χ0n) is 10.7. The second-order valence-electron chi connectivity index (χ2n) is 4.82. The van der Waals surface area contributed by atoms with Crippen LogP contribution in [0.15, 0.2) is 24.3 Å². The summed E-state index contributed by atoms with van der Waals surface area (Å²) < 4.78 is 0. The van der Waals surface area contributed by atoms with Crippen LogP contribution in [0.25, 0.3) is 10.9 Å². The number of benzene rings is 1. The van der Waals surface area contributed by atoms with Gasteiger partial charge >= 0.3 is 5.97 Å². The van der Waals surface area contributed by atoms with Crippen molar-refractivity contribution >= 4 is 22.8 Å². The minimum Gasteiger partial charge on any atom is -0.480 e. The topological polar surface area (TPSA) is 66.3 Å². The van der Waals surface area contributed by atoms with Gasteiger partial charge < -0.3 is 10.0 Å². The zero-order chi connectivity index (χ0) is 13.4. The van der Waals surface area contributed by atoms with Gasteiger partial charge in [-0.25, -0.2) is 14.8 Å². The molecular weight excluding hydrogens is 242 g/mol. The van der Waals surface area contributed by atoms with E-state index in [9.17, 15) is 9.90 Å². The number of rotatable bonds is 2. The van der Waals surface area contributed by atoms with Crippen LogP contribution in [-0.2, 0) is 4.79 Å². The molecule has 1 aliphatic rings. The van der Waals surface area contributed by atoms with Crippen molar-refractivity contribution in [2.75, 3.05) is 11.4 Å². The van der Waals surface area contributed by atoms with Crippen molar-refractivity contribution in [3.05, 3.63) is 30.0 Å². The molecule has 0 radical (unpaired) electrons. The number of para-hydroxylation sites is 1. The van der Waals surface area contributed by atoms with Crippen LogP contribution in [0, 0.1) is 6.92 Å². The van der Waals surface area contributed by atoms with E-state index in [0.29, 0.717) is 18.9 Å². The molecule has 0 spiro atoms. The number of hydrogen-bond donors (Lipinski definition) is 1. The summed E-state index contributed by atoms with van der Waals surface area (Å²) in [7, 11) is 0. The Morgan fingerprint density at radius 3 is 2.95 bits per heavy atom. The molecule has 1 fully saturated rings. The number of fused-ring (bicyclic) bond motifs is 1. The van der Waals surface area contributed by atoms with Crippen molar-refractivity contribution in [2.24, 2.45) is 0 Å². The van der Waals surface area contributed by atoms with E-state index in [-0.39, 0.29) is 0 Å². The Morgan fingerprint density at radius 1 is 1.37 bits per heavy atom. The fraction of sp³-hybridized carbons (Fsp3) is 0.357. The third kappa shape index (κ3) is 2.01. The van der Waals surface area contributed by atoms with Crippen molar-refractivity contribution in [3.63, 3.8) is 0 Å². The minimum atomic E-state index is -0.799. The lowest BCUT2D eigenvalue weighted by atomic mass is 10.2. The number of hydrogen-bond acceptors (Lipinski definition) is 4. The molecule has 1 atom stereocenters. The Kier molecular flexibility index (Phi) is 2.81. The highest BCUT2D eigenvalue weighted by atomic mass is 16.4. The number of aromatic nitrogens is 2. The first-order chi connectivity index (χ1) is 9.16. The first-order valence-electron chi connectivity index (χ1n) is 6.39. The fourth-order valence-electron chi connectivity index (χ4n) is 2.61. The number of nitrogens with zero attached hydrogens (tertiary/aromatic N) is 3. The van der Waals surface area contributed by atoms with Gasteiger partial charge in [-0.15, -0.1) is 0 Å². The Hall–Kier alpha value is -2.17. The zero-order valence-corrected chi connectivity index (χ0v) is 10.7. The lowest BCUT2D eigenvalue weighted by Crippen LogP contribution is -2.37. The normalized spacial score (nSPS) is 19.0. The molecule has 98 valence electrons. The van der Waals surface area contributed by atoms with Crippen LogP contribution >= 0.6 is 0 Å². The molecule has 1 aromatic carbocycles. The summed E-state index contributed by atoms with van der Waals surface area (Å²) >= 11 is 0. The van der Waals surface area contributed by atoms with Crippen molar-refractivity contribution in [1.29, 1.82) is 0 Å². The van der Waals surface area contributed by atoms with Crippen LogP contribution in [0.1, 0.15) is 18.5 Å². The molecule has 3 rings (SSSR count). The van der Waals surface area contributed by atoms with Crippen molar-refractivity contribution in [2.45, 2.75) is 25.8 Å². The van der Waals surface area contributed by atoms with Gasteiger partial charge in [-0.05, 0) is 25.8 Å². The summed E-state index contributed by atoms with van der Waals surface area (Å²) in [5.74, 6) is -0.270. The number of carbonyl (C=O) groups is 1. The predicted octanol–water partition coefficient (Wildman–Crippen LogP) is 1.99. The number of aryl methyl sites for hydroxylation is 1. The van der Waals surface area contributed by atoms with E-state index in [1.165, 1.54) is 0 Å². The van der Waals surface area contributed by atoms with Gasteiger partial charge in [0, 0.05) is 11.9 Å². The van der Waals surface area contributed by atoms with Crippen molar-refractivity contribution in [1.82, 2.24) is 9.97 Å². The summed E-state index contributed by atoms with van der Waals surface area (Å²) in [6.07, 6.45) is 1.52. The molecule has 1 aliphatic heterocycles. The van der Waals surface area contributed by atoms with E-state index in [0.717, 1.165) is 23.0 Å². The molecule has 1 saturated heterocycles. The van der Waals surface area contributed by atoms with E-state index in [2.05, 4.69) is 9.97 Å². The first kappa shape index (κ1) is 11.9. The molecule has 5 heteroatoms. The summed E-state index contributed by atoms with van der Waals surface area (Å²) in [5.41, 5.74) is 1.75. The van der Waals surface area contributed by atoms with E-state index in [1.54, 1.807) is 4.90 Å². The van der Waals surface area contributed by atoms with Gasteiger partial charge in [0.05, 0.1) is 11.2 Å². The number of anilines is 1. The average molecular weight is 257 g/mol. The van der Waals surface area contributed by atoms with E-state index >= 15 is 0 Å². The first-order valence-corrected chi connectivity index (χ1v) is 6.39. The second kappa shape index (κ2) is 4.50. The van der Waals surface area contributed by atoms with Gasteiger partial charge in [-0.3, -0.25) is 0 Å². The molecule has 5 nitrogen and oxygen atoms in total. The highest BCUT2D eigenvalue weighted by molar-refractivity contribution is 5.83. The van der Waals surface area contributed by atoms with Gasteiger partial charge in [-0.1, -0.05) is 18.2 Å². The number of aliphatic carboxylic acids is 1. The molecule has 0 saturated carbocycles. The van der Waals surface area contributed by atoms with Crippen LogP contribution < -0.4 is 4.90 Å². The standard InChI is InChI=1S/C14H15N3O2/c1-9-10-5-2-3-6-11(10)16-14(15-9)17-8-4-7-12(17)13(18)19/h2-3,5-6,12H,4,7-8H2,1H3,(H,18,19). The molecule has 19 heavy (non-hydrogen) atoms. The lowest BCUT2D eigenvalue weighted by Gasteiger charge is -2.21. The van der Waals surface area contributed by atoms with Crippen LogP contribution in [0.2, 0.25) is 0 Å². The van der Waals surface area contributed by atoms with Gasteiger partial charge in [-0.2, -0.15) is 0 Å². The quantitative estimate of drug-likeness (QED) is 0.891. The summed E-state index contributed by atoms with van der Waals surface area (Å²) in [5, 5.41) is 10.2. The van der Waals surface area contributed by atoms with E-state index in [4.69, 9.17) is 0 Å². The highest BCUT2D eigenvalue weighted by Crippen LogP contribution is 2.25. The largest absolute Gasteiger partial charge is 0.480 e. The fourth-order valence-corrected chi connectivity index (χ4v) is 2.61. The minimum absolute atomic E-state index is 0.499. The molecular formula is C14H15N3O2. The maximum Gasteiger partial charge on any atom is 0.326 e. The summed E-state index contributed by atoms with van der Waals surface area (Å²) in [6, 6.07) is 7.29. The third-order valence-electron chi connectivity index (χ3n) is 3.58. The van der Waals surface area contributed by atoms with Gasteiger partial charge in [0.15, 0.2) is 0 Å². The van der Waals surface area contributed by atoms with Gasteiger partial charge in [0.1, 0.15) is 6.04 Å². The van der Waals surface area contributed by atoms with Crippen LogP contribution in [-0.4, -0.2) is 33.6 Å². The maximum atomic E-state index is 11.2. The predicted molar refractivity (Wildman–Crippen MR) is 72.3 cm³/mol. The monoisotopic (exact) mass is 257 g/mol. The molecule has 1 N–H and O–H groups in total. The van der Waals surface area contributed by atoms with Gasteiger partial charge in [0.2, 0.25) is 5.95 Å². The average Bonchev–Trinajstić information content (AvgIpc) is 2.88. The second-order valence-corrected chi connectivity index (χ2v) is 4.82. The number of carboxylic acids is 1. The Labute approximate surface area is 110 Å². The van der Waals surface area contributed by atoms with Crippen LogP contribution in [0.3, 0.4) is 0 Å². The Morgan fingerprint density at radius 2 is 2.16 bits per heavy atom. The maximum absolute atomic E-state index is 11.2. The van der Waals surface area contributed by atoms with Crippen molar-refractivity contribution in [3.8, 4) is 0 Å². The SMILES string of the molecule is Cc1nc(N2CCCC2C(=O)O)nc2ccccc12. The van der Waals surface area contributed by atoms with E-state index in [1.807, 2.05) is 31.2 Å². The lowest BCUT2D eigenvalue weighted by molar-refractivity contribution is -0.138. The van der Waals surface area contributed by atoms with E-state index < -0.39 is 12.0 Å². The smallest absolute Gasteiger partial charge is 0.326 e. The molecule has 1 unspecified atom stereocenters. The third-order valence-corrected chi connectivity index (χ3v) is 3.58. The Bertz CT molecular complexity index is 642. The van der Waals surface area contributed by atoms with Crippen molar-refractivity contribution < 1.29 is 9.90 Å². The molecule has 1 aromatic heterocycles. The summed E-state index contributed by atoms with van der Waals surface area (Å²) in [6.45, 7) is 2.63. The molecule has 2 heterocycles. The van der Waals surface area contributed by atoms with Gasteiger partial charge in [0.25, 0.3) is 0 Å². The molecule has 2 aromatic rings. The number of carboxylic acid groups (broad SMARTS) is 1. The summed E-state index contributed by atoms with van der Waals surface area (Å²) in [4.78, 5) is 22.0. The Balaban J connectivity index is 2.08. The van der Waals surface area contributed by atoms with Crippen LogP contribution in [0.5, 0.6) is 0 Å². The van der Waals surface area contributed by atoms with Crippen LogP contribution in [0.4, 0.5) is 5.95 Å². The molecule has 0 amide bonds. The molecule has 0 bridgehead atoms. The molecule has 0 aliphatic carbocycles. The highest BCUT2D eigenvalue weighted by Gasteiger charge is 2.32.